The van der Waals surface area contributed by atoms with Crippen LogP contribution in [-0.4, -0.2) is 10.2 Å². The summed E-state index contributed by atoms with van der Waals surface area (Å²) in [6.07, 6.45) is 0. The van der Waals surface area contributed by atoms with E-state index in [9.17, 15) is 0 Å². The number of thiophene rings is 1. The molecule has 0 saturated heterocycles. The number of nitrogens with two attached hydrogens (primary N) is 1. The van der Waals surface area contributed by atoms with Gasteiger partial charge in [0.05, 0.1) is 0 Å². The molecule has 0 aliphatic rings. The first kappa shape index (κ1) is 8.96. The minimum atomic E-state index is 0.436. The van der Waals surface area contributed by atoms with Crippen molar-refractivity contribution in [1.29, 1.82) is 0 Å². The third-order valence-corrected chi connectivity index (χ3v) is 2.47. The van der Waals surface area contributed by atoms with Crippen LogP contribution in [0.5, 0.6) is 0 Å². The van der Waals surface area contributed by atoms with Gasteiger partial charge in [-0.2, -0.15) is 11.3 Å². The number of nitrogen functional groups attached to an aromatic ring is 1. The van der Waals surface area contributed by atoms with Crippen LogP contribution < -0.4 is 11.1 Å². The number of hydrogen-bond acceptors (Lipinski definition) is 5. The molecule has 0 fully saturated rings. The molecule has 0 unspecified atom stereocenters. The molecule has 3 N–H and O–H groups in total. The van der Waals surface area contributed by atoms with E-state index in [4.69, 9.17) is 5.73 Å². The van der Waals surface area contributed by atoms with Gasteiger partial charge in [-0.05, 0) is 34.5 Å². The second-order valence-electron chi connectivity index (χ2n) is 2.83. The molecule has 0 atom stereocenters. The lowest BCUT2D eigenvalue weighted by Gasteiger charge is -2.02. The van der Waals surface area contributed by atoms with Gasteiger partial charge in [0.25, 0.3) is 0 Å². The largest absolute Gasteiger partial charge is 0.382 e. The van der Waals surface area contributed by atoms with Crippen molar-refractivity contribution >= 4 is 23.0 Å². The van der Waals surface area contributed by atoms with Crippen molar-refractivity contribution in [3.63, 3.8) is 0 Å². The highest BCUT2D eigenvalue weighted by Gasteiger charge is 1.95. The normalized spacial score (nSPS) is 10.0. The summed E-state index contributed by atoms with van der Waals surface area (Å²) >= 11 is 1.68. The van der Waals surface area contributed by atoms with E-state index in [1.165, 1.54) is 5.56 Å². The van der Waals surface area contributed by atoms with Crippen LogP contribution in [0.4, 0.5) is 11.6 Å². The Bertz CT molecular complexity index is 382. The van der Waals surface area contributed by atoms with Crippen molar-refractivity contribution in [1.82, 2.24) is 10.2 Å². The van der Waals surface area contributed by atoms with Crippen LogP contribution in [0.3, 0.4) is 0 Å². The molecule has 0 spiro atoms. The number of nitrogens with one attached hydrogen (secondary N) is 1. The zero-order valence-corrected chi connectivity index (χ0v) is 8.29. The predicted octanol–water partition coefficient (Wildman–Crippen LogP) is 1.73. The number of nitrogens with zero attached hydrogens (tertiary/aromatic N) is 2. The van der Waals surface area contributed by atoms with E-state index in [-0.39, 0.29) is 0 Å². The summed E-state index contributed by atoms with van der Waals surface area (Å²) in [5.41, 5.74) is 6.66. The number of rotatable bonds is 3. The first-order chi connectivity index (χ1) is 6.84. The molecule has 4 nitrogen and oxygen atoms in total. The van der Waals surface area contributed by atoms with E-state index in [1.54, 1.807) is 17.4 Å². The summed E-state index contributed by atoms with van der Waals surface area (Å²) in [6.45, 7) is 0.766. The van der Waals surface area contributed by atoms with E-state index in [0.29, 0.717) is 5.82 Å². The Balaban J connectivity index is 1.95. The third kappa shape index (κ3) is 2.20. The maximum Gasteiger partial charge on any atom is 0.149 e. The van der Waals surface area contributed by atoms with Crippen molar-refractivity contribution < 1.29 is 0 Å². The molecule has 0 radical (unpaired) electrons. The van der Waals surface area contributed by atoms with Crippen molar-refractivity contribution in [2.45, 2.75) is 6.54 Å². The van der Waals surface area contributed by atoms with Crippen LogP contribution >= 0.6 is 11.3 Å². The fourth-order valence-electron chi connectivity index (χ4n) is 1.02. The van der Waals surface area contributed by atoms with Crippen molar-refractivity contribution in [2.24, 2.45) is 0 Å². The van der Waals surface area contributed by atoms with Gasteiger partial charge < -0.3 is 11.1 Å². The van der Waals surface area contributed by atoms with Crippen molar-refractivity contribution in [2.75, 3.05) is 11.1 Å². The average Bonchev–Trinajstić information content (AvgIpc) is 2.70. The fourth-order valence-corrected chi connectivity index (χ4v) is 1.69. The number of aromatic nitrogens is 2. The lowest BCUT2D eigenvalue weighted by molar-refractivity contribution is 1.01. The zero-order valence-electron chi connectivity index (χ0n) is 7.47. The second kappa shape index (κ2) is 4.06. The van der Waals surface area contributed by atoms with Crippen molar-refractivity contribution in [3.8, 4) is 0 Å². The Morgan fingerprint density at radius 3 is 2.86 bits per heavy atom. The van der Waals surface area contributed by atoms with Gasteiger partial charge in [-0.15, -0.1) is 10.2 Å². The van der Waals surface area contributed by atoms with Crippen LogP contribution in [0.25, 0.3) is 0 Å². The molecule has 0 aliphatic heterocycles. The zero-order chi connectivity index (χ0) is 9.80. The molecule has 2 aromatic rings. The first-order valence-electron chi connectivity index (χ1n) is 4.19. The van der Waals surface area contributed by atoms with Gasteiger partial charge in [-0.1, -0.05) is 0 Å². The quantitative estimate of drug-likeness (QED) is 0.802. The van der Waals surface area contributed by atoms with Gasteiger partial charge in [0.2, 0.25) is 0 Å². The van der Waals surface area contributed by atoms with E-state index >= 15 is 0 Å². The fraction of sp³-hybridized carbons (Fsp3) is 0.111. The molecular weight excluding hydrogens is 196 g/mol. The maximum atomic E-state index is 5.42. The Morgan fingerprint density at radius 2 is 2.21 bits per heavy atom. The highest BCUT2D eigenvalue weighted by molar-refractivity contribution is 7.07. The molecule has 5 heteroatoms. The summed E-state index contributed by atoms with van der Waals surface area (Å²) in [6, 6.07) is 5.61. The smallest absolute Gasteiger partial charge is 0.149 e. The minimum Gasteiger partial charge on any atom is -0.382 e. The predicted molar refractivity (Wildman–Crippen MR) is 58.1 cm³/mol. The van der Waals surface area contributed by atoms with Gasteiger partial charge >= 0.3 is 0 Å². The summed E-state index contributed by atoms with van der Waals surface area (Å²) in [5, 5.41) is 14.9. The topological polar surface area (TPSA) is 63.8 Å². The van der Waals surface area contributed by atoms with Gasteiger partial charge in [-0.25, -0.2) is 0 Å². The van der Waals surface area contributed by atoms with Gasteiger partial charge in [-0.3, -0.25) is 0 Å². The van der Waals surface area contributed by atoms with Gasteiger partial charge in [0.1, 0.15) is 11.6 Å². The first-order valence-corrected chi connectivity index (χ1v) is 5.13. The van der Waals surface area contributed by atoms with E-state index in [0.717, 1.165) is 12.4 Å². The molecule has 0 amide bonds. The van der Waals surface area contributed by atoms with E-state index in [1.807, 2.05) is 11.4 Å². The van der Waals surface area contributed by atoms with Crippen LogP contribution in [0.2, 0.25) is 0 Å². The molecular formula is C9H10N4S. The summed E-state index contributed by atoms with van der Waals surface area (Å²) < 4.78 is 0. The molecule has 2 aromatic heterocycles. The molecule has 0 aromatic carbocycles. The summed E-state index contributed by atoms with van der Waals surface area (Å²) in [4.78, 5) is 0. The SMILES string of the molecule is Nc1ccc(NCc2ccsc2)nn1. The molecule has 72 valence electrons. The molecule has 2 rings (SSSR count). The summed E-state index contributed by atoms with van der Waals surface area (Å²) in [7, 11) is 0. The second-order valence-corrected chi connectivity index (χ2v) is 3.61. The highest BCUT2D eigenvalue weighted by Crippen LogP contribution is 2.09. The molecule has 0 aliphatic carbocycles. The van der Waals surface area contributed by atoms with Gasteiger partial charge in [0.15, 0.2) is 0 Å². The average molecular weight is 206 g/mol. The molecule has 0 bridgehead atoms. The monoisotopic (exact) mass is 206 g/mol. The van der Waals surface area contributed by atoms with Crippen LogP contribution in [-0.2, 0) is 6.54 Å². The minimum absolute atomic E-state index is 0.436. The molecule has 14 heavy (non-hydrogen) atoms. The number of hydrogen-bond donors (Lipinski definition) is 2. The third-order valence-electron chi connectivity index (χ3n) is 1.74. The van der Waals surface area contributed by atoms with Crippen LogP contribution in [0.15, 0.2) is 29.0 Å². The van der Waals surface area contributed by atoms with Crippen molar-refractivity contribution in [3.05, 3.63) is 34.5 Å². The molecule has 2 heterocycles. The van der Waals surface area contributed by atoms with E-state index in [2.05, 4.69) is 27.0 Å². The van der Waals surface area contributed by atoms with E-state index < -0.39 is 0 Å². The number of anilines is 2. The highest BCUT2D eigenvalue weighted by atomic mass is 32.1. The van der Waals surface area contributed by atoms with Gasteiger partial charge in [0, 0.05) is 6.54 Å². The van der Waals surface area contributed by atoms with Crippen LogP contribution in [0.1, 0.15) is 5.56 Å². The Labute approximate surface area is 85.8 Å². The van der Waals surface area contributed by atoms with Crippen LogP contribution in [0, 0.1) is 0 Å². The Hall–Kier alpha value is -1.62. The standard InChI is InChI=1S/C9H10N4S/c10-8-1-2-9(13-12-8)11-5-7-3-4-14-6-7/h1-4,6H,5H2,(H2,10,12)(H,11,13). The lowest BCUT2D eigenvalue weighted by atomic mass is 10.3. The Kier molecular flexibility index (Phi) is 2.60. The Morgan fingerprint density at radius 1 is 1.29 bits per heavy atom. The summed E-state index contributed by atoms with van der Waals surface area (Å²) in [5.74, 6) is 1.18. The molecule has 0 saturated carbocycles. The lowest BCUT2D eigenvalue weighted by Crippen LogP contribution is -2.02. The maximum absolute atomic E-state index is 5.42.